The van der Waals surface area contributed by atoms with Crippen LogP contribution in [0.2, 0.25) is 0 Å². The van der Waals surface area contributed by atoms with Crippen molar-refractivity contribution in [1.29, 1.82) is 0 Å². The van der Waals surface area contributed by atoms with Crippen LogP contribution < -0.4 is 15.4 Å². The van der Waals surface area contributed by atoms with Crippen LogP contribution in [0.3, 0.4) is 0 Å². The van der Waals surface area contributed by atoms with Gasteiger partial charge in [0.25, 0.3) is 5.91 Å². The molecule has 3 N–H and O–H groups in total. The molecule has 0 heterocycles. The minimum atomic E-state index is -0.444. The van der Waals surface area contributed by atoms with Crippen molar-refractivity contribution in [3.05, 3.63) is 48.0 Å². The predicted octanol–water partition coefficient (Wildman–Crippen LogP) is 3.00. The second kappa shape index (κ2) is 6.62. The maximum absolute atomic E-state index is 12.3. The number of anilines is 2. The van der Waals surface area contributed by atoms with Crippen molar-refractivity contribution in [3.8, 4) is 11.5 Å². The van der Waals surface area contributed by atoms with E-state index in [0.717, 1.165) is 12.8 Å². The summed E-state index contributed by atoms with van der Waals surface area (Å²) in [6.07, 6.45) is 1.86. The van der Waals surface area contributed by atoms with E-state index in [1.54, 1.807) is 30.3 Å². The van der Waals surface area contributed by atoms with Gasteiger partial charge in [0.05, 0.1) is 12.7 Å². The third-order valence-corrected chi connectivity index (χ3v) is 3.79. The van der Waals surface area contributed by atoms with Crippen LogP contribution in [0.1, 0.15) is 23.2 Å². The van der Waals surface area contributed by atoms with Crippen molar-refractivity contribution in [2.75, 3.05) is 17.7 Å². The van der Waals surface area contributed by atoms with Crippen molar-refractivity contribution >= 4 is 23.2 Å². The fourth-order valence-corrected chi connectivity index (χ4v) is 2.29. The molecule has 0 saturated heterocycles. The van der Waals surface area contributed by atoms with Crippen molar-refractivity contribution < 1.29 is 19.4 Å². The number of benzene rings is 2. The third kappa shape index (κ3) is 3.65. The number of nitrogens with one attached hydrogen (secondary N) is 2. The summed E-state index contributed by atoms with van der Waals surface area (Å²) < 4.78 is 4.99. The van der Waals surface area contributed by atoms with Crippen molar-refractivity contribution in [2.24, 2.45) is 5.92 Å². The van der Waals surface area contributed by atoms with Gasteiger partial charge in [0.2, 0.25) is 5.91 Å². The Kier molecular flexibility index (Phi) is 4.37. The summed E-state index contributed by atoms with van der Waals surface area (Å²) in [5.74, 6) is -0.0227. The van der Waals surface area contributed by atoms with Crippen LogP contribution in [-0.4, -0.2) is 24.0 Å². The Labute approximate surface area is 139 Å². The largest absolute Gasteiger partial charge is 0.507 e. The van der Waals surface area contributed by atoms with E-state index in [9.17, 15) is 14.7 Å². The van der Waals surface area contributed by atoms with Crippen LogP contribution in [-0.2, 0) is 4.79 Å². The van der Waals surface area contributed by atoms with Gasteiger partial charge in [0.15, 0.2) is 0 Å². The number of amides is 2. The van der Waals surface area contributed by atoms with Gasteiger partial charge in [0.1, 0.15) is 11.5 Å². The molecule has 0 spiro atoms. The van der Waals surface area contributed by atoms with Gasteiger partial charge in [-0.25, -0.2) is 0 Å². The Balaban J connectivity index is 1.71. The molecule has 0 aliphatic heterocycles. The topological polar surface area (TPSA) is 87.7 Å². The van der Waals surface area contributed by atoms with Gasteiger partial charge >= 0.3 is 0 Å². The van der Waals surface area contributed by atoms with E-state index >= 15 is 0 Å². The quantitative estimate of drug-likeness (QED) is 0.788. The van der Waals surface area contributed by atoms with Gasteiger partial charge < -0.3 is 20.5 Å². The summed E-state index contributed by atoms with van der Waals surface area (Å²) >= 11 is 0. The zero-order valence-corrected chi connectivity index (χ0v) is 13.2. The average molecular weight is 326 g/mol. The summed E-state index contributed by atoms with van der Waals surface area (Å²) in [5.41, 5.74) is 1.30. The molecule has 6 heteroatoms. The van der Waals surface area contributed by atoms with Gasteiger partial charge in [-0.05, 0) is 43.2 Å². The van der Waals surface area contributed by atoms with E-state index in [1.165, 1.54) is 19.2 Å². The molecule has 3 rings (SSSR count). The van der Waals surface area contributed by atoms with Crippen molar-refractivity contribution in [1.82, 2.24) is 0 Å². The highest BCUT2D eigenvalue weighted by Gasteiger charge is 2.29. The van der Waals surface area contributed by atoms with E-state index in [-0.39, 0.29) is 23.1 Å². The summed E-state index contributed by atoms with van der Waals surface area (Å²) in [6.45, 7) is 0. The van der Waals surface area contributed by atoms with Gasteiger partial charge in [-0.15, -0.1) is 0 Å². The number of carbonyl (C=O) groups is 2. The standard InChI is InChI=1S/C18H18N2O4/c1-24-14-7-8-15(16(21)10-14)18(23)20-13-4-2-3-12(9-13)19-17(22)11-5-6-11/h2-4,7-11,21H,5-6H2,1H3,(H,19,22)(H,20,23). The minimum absolute atomic E-state index is 0.00581. The molecule has 2 aromatic carbocycles. The molecule has 0 aromatic heterocycles. The first kappa shape index (κ1) is 15.9. The molecule has 1 aliphatic carbocycles. The molecule has 124 valence electrons. The lowest BCUT2D eigenvalue weighted by atomic mass is 10.1. The number of ether oxygens (including phenoxy) is 1. The predicted molar refractivity (Wildman–Crippen MR) is 90.4 cm³/mol. The summed E-state index contributed by atoms with van der Waals surface area (Å²) in [5, 5.41) is 15.4. The summed E-state index contributed by atoms with van der Waals surface area (Å²) in [6, 6.07) is 11.4. The second-order valence-electron chi connectivity index (χ2n) is 5.68. The zero-order valence-electron chi connectivity index (χ0n) is 13.2. The molecular formula is C18H18N2O4. The Morgan fingerprint density at radius 1 is 1.08 bits per heavy atom. The number of hydrogen-bond donors (Lipinski definition) is 3. The lowest BCUT2D eigenvalue weighted by Crippen LogP contribution is -2.15. The molecule has 1 saturated carbocycles. The number of aromatic hydroxyl groups is 1. The van der Waals surface area contributed by atoms with Gasteiger partial charge in [-0.2, -0.15) is 0 Å². The number of phenols is 1. The van der Waals surface area contributed by atoms with Gasteiger partial charge in [-0.3, -0.25) is 9.59 Å². The highest BCUT2D eigenvalue weighted by molar-refractivity contribution is 6.06. The molecule has 0 unspecified atom stereocenters. The van der Waals surface area contributed by atoms with Crippen LogP contribution in [0, 0.1) is 5.92 Å². The Bertz CT molecular complexity index is 784. The monoisotopic (exact) mass is 326 g/mol. The molecule has 24 heavy (non-hydrogen) atoms. The number of hydrogen-bond acceptors (Lipinski definition) is 4. The molecular weight excluding hydrogens is 308 g/mol. The number of carbonyl (C=O) groups excluding carboxylic acids is 2. The first-order valence-corrected chi connectivity index (χ1v) is 7.66. The molecule has 1 fully saturated rings. The number of phenolic OH excluding ortho intramolecular Hbond substituents is 1. The molecule has 0 atom stereocenters. The van der Waals surface area contributed by atoms with E-state index in [1.807, 2.05) is 0 Å². The Morgan fingerprint density at radius 2 is 1.79 bits per heavy atom. The fourth-order valence-electron chi connectivity index (χ4n) is 2.29. The zero-order chi connectivity index (χ0) is 17.1. The van der Waals surface area contributed by atoms with Crippen LogP contribution in [0.25, 0.3) is 0 Å². The molecule has 0 radical (unpaired) electrons. The highest BCUT2D eigenvalue weighted by Crippen LogP contribution is 2.30. The second-order valence-corrected chi connectivity index (χ2v) is 5.68. The lowest BCUT2D eigenvalue weighted by Gasteiger charge is -2.10. The number of methoxy groups -OCH3 is 1. The first-order valence-electron chi connectivity index (χ1n) is 7.66. The Hall–Kier alpha value is -3.02. The van der Waals surface area contributed by atoms with Crippen molar-refractivity contribution in [3.63, 3.8) is 0 Å². The SMILES string of the molecule is COc1ccc(C(=O)Nc2cccc(NC(=O)C3CC3)c2)c(O)c1. The van der Waals surface area contributed by atoms with Gasteiger partial charge in [-0.1, -0.05) is 6.07 Å². The molecule has 0 bridgehead atoms. The fraction of sp³-hybridized carbons (Fsp3) is 0.222. The van der Waals surface area contributed by atoms with Crippen molar-refractivity contribution in [2.45, 2.75) is 12.8 Å². The molecule has 2 aromatic rings. The minimum Gasteiger partial charge on any atom is -0.507 e. The molecule has 1 aliphatic rings. The van der Waals surface area contributed by atoms with Gasteiger partial charge in [0, 0.05) is 23.4 Å². The maximum Gasteiger partial charge on any atom is 0.259 e. The number of rotatable bonds is 5. The third-order valence-electron chi connectivity index (χ3n) is 3.79. The summed E-state index contributed by atoms with van der Waals surface area (Å²) in [4.78, 5) is 24.1. The normalized spacial score (nSPS) is 13.2. The van der Waals surface area contributed by atoms with Crippen LogP contribution >= 0.6 is 0 Å². The first-order chi connectivity index (χ1) is 11.6. The molecule has 6 nitrogen and oxygen atoms in total. The average Bonchev–Trinajstić information content (AvgIpc) is 3.39. The molecule has 2 amide bonds. The van der Waals surface area contributed by atoms with E-state index in [2.05, 4.69) is 10.6 Å². The van der Waals surface area contributed by atoms with Crippen LogP contribution in [0.5, 0.6) is 11.5 Å². The highest BCUT2D eigenvalue weighted by atomic mass is 16.5. The smallest absolute Gasteiger partial charge is 0.259 e. The van der Waals surface area contributed by atoms with Crippen LogP contribution in [0.15, 0.2) is 42.5 Å². The van der Waals surface area contributed by atoms with E-state index < -0.39 is 5.91 Å². The maximum atomic E-state index is 12.3. The summed E-state index contributed by atoms with van der Waals surface area (Å²) in [7, 11) is 1.48. The van der Waals surface area contributed by atoms with Crippen LogP contribution in [0.4, 0.5) is 11.4 Å². The Morgan fingerprint density at radius 3 is 2.42 bits per heavy atom. The van der Waals surface area contributed by atoms with E-state index in [0.29, 0.717) is 17.1 Å². The lowest BCUT2D eigenvalue weighted by molar-refractivity contribution is -0.117. The van der Waals surface area contributed by atoms with E-state index in [4.69, 9.17) is 4.74 Å².